The molecule has 0 radical (unpaired) electrons. The fourth-order valence-corrected chi connectivity index (χ4v) is 3.65. The maximum absolute atomic E-state index is 12.0. The SMILES string of the molecule is CC1(C(=O)NCCCN(CCCCCCCC=O)CCCCCCCC=O)CC1. The van der Waals surface area contributed by atoms with Gasteiger partial charge in [-0.3, -0.25) is 4.79 Å². The summed E-state index contributed by atoms with van der Waals surface area (Å²) in [7, 11) is 0. The molecule has 0 aromatic carbocycles. The Morgan fingerprint density at radius 3 is 1.69 bits per heavy atom. The van der Waals surface area contributed by atoms with Gasteiger partial charge in [0, 0.05) is 24.8 Å². The second kappa shape index (κ2) is 16.6. The molecule has 168 valence electrons. The fraction of sp³-hybridized carbons (Fsp3) is 0.875. The third-order valence-electron chi connectivity index (χ3n) is 6.08. The van der Waals surface area contributed by atoms with Crippen LogP contribution in [0.3, 0.4) is 0 Å². The summed E-state index contributed by atoms with van der Waals surface area (Å²) in [5.41, 5.74) is -0.0760. The second-order valence-electron chi connectivity index (χ2n) is 8.96. The summed E-state index contributed by atoms with van der Waals surface area (Å²) >= 11 is 0. The average molecular weight is 409 g/mol. The summed E-state index contributed by atoms with van der Waals surface area (Å²) in [6.07, 6.45) is 18.2. The van der Waals surface area contributed by atoms with E-state index in [0.29, 0.717) is 12.8 Å². The Labute approximate surface area is 178 Å². The maximum Gasteiger partial charge on any atom is 0.225 e. The molecule has 0 saturated heterocycles. The monoisotopic (exact) mass is 408 g/mol. The summed E-state index contributed by atoms with van der Waals surface area (Å²) < 4.78 is 0. The van der Waals surface area contributed by atoms with E-state index >= 15 is 0 Å². The Hall–Kier alpha value is -1.23. The molecule has 1 rings (SSSR count). The molecule has 0 heterocycles. The van der Waals surface area contributed by atoms with E-state index in [-0.39, 0.29) is 11.3 Å². The standard InChI is InChI=1S/C24H44N2O3/c1-24(15-16-24)23(29)25-17-14-20-26(18-10-6-2-4-8-12-21-27)19-11-7-3-5-9-13-22-28/h21-22H,2-20H2,1H3,(H,25,29). The number of rotatable bonds is 21. The first kappa shape index (κ1) is 25.8. The zero-order chi connectivity index (χ0) is 21.2. The van der Waals surface area contributed by atoms with Crippen LogP contribution in [-0.4, -0.2) is 49.6 Å². The van der Waals surface area contributed by atoms with E-state index < -0.39 is 0 Å². The van der Waals surface area contributed by atoms with Crippen LogP contribution in [0, 0.1) is 5.41 Å². The number of hydrogen-bond donors (Lipinski definition) is 1. The van der Waals surface area contributed by atoms with Crippen molar-refractivity contribution in [1.29, 1.82) is 0 Å². The summed E-state index contributed by atoms with van der Waals surface area (Å²) in [5.74, 6) is 0.231. The van der Waals surface area contributed by atoms with Crippen molar-refractivity contribution in [3.63, 3.8) is 0 Å². The van der Waals surface area contributed by atoms with Crippen molar-refractivity contribution in [2.45, 2.75) is 103 Å². The van der Waals surface area contributed by atoms with Gasteiger partial charge in [0.1, 0.15) is 12.6 Å². The van der Waals surface area contributed by atoms with Gasteiger partial charge in [-0.05, 0) is 64.6 Å². The van der Waals surface area contributed by atoms with E-state index in [1.165, 1.54) is 38.5 Å². The first-order valence-electron chi connectivity index (χ1n) is 12.0. The molecule has 1 N–H and O–H groups in total. The third-order valence-corrected chi connectivity index (χ3v) is 6.08. The van der Waals surface area contributed by atoms with Crippen molar-refractivity contribution in [2.75, 3.05) is 26.2 Å². The van der Waals surface area contributed by atoms with Gasteiger partial charge in [-0.25, -0.2) is 0 Å². The number of unbranched alkanes of at least 4 members (excludes halogenated alkanes) is 10. The third kappa shape index (κ3) is 13.6. The number of carbonyl (C=O) groups excluding carboxylic acids is 3. The van der Waals surface area contributed by atoms with Gasteiger partial charge in [-0.2, -0.15) is 0 Å². The minimum atomic E-state index is -0.0760. The average Bonchev–Trinajstić information content (AvgIpc) is 3.47. The van der Waals surface area contributed by atoms with Gasteiger partial charge in [-0.15, -0.1) is 0 Å². The number of amides is 1. The molecular weight excluding hydrogens is 364 g/mol. The van der Waals surface area contributed by atoms with Gasteiger partial charge in [0.2, 0.25) is 5.91 Å². The van der Waals surface area contributed by atoms with Crippen LogP contribution in [0.2, 0.25) is 0 Å². The van der Waals surface area contributed by atoms with Gasteiger partial charge in [0.25, 0.3) is 0 Å². The fourth-order valence-electron chi connectivity index (χ4n) is 3.65. The van der Waals surface area contributed by atoms with Crippen molar-refractivity contribution in [3.05, 3.63) is 0 Å². The lowest BCUT2D eigenvalue weighted by atomic mass is 10.1. The molecule has 5 heteroatoms. The topological polar surface area (TPSA) is 66.5 Å². The van der Waals surface area contributed by atoms with Gasteiger partial charge < -0.3 is 19.8 Å². The van der Waals surface area contributed by atoms with Crippen molar-refractivity contribution in [1.82, 2.24) is 10.2 Å². The van der Waals surface area contributed by atoms with Gasteiger partial charge in [0.15, 0.2) is 0 Å². The molecular formula is C24H44N2O3. The van der Waals surface area contributed by atoms with Crippen LogP contribution in [0.1, 0.15) is 103 Å². The Morgan fingerprint density at radius 1 is 0.759 bits per heavy atom. The normalized spacial score (nSPS) is 14.7. The highest BCUT2D eigenvalue weighted by Crippen LogP contribution is 2.44. The molecule has 0 atom stereocenters. The van der Waals surface area contributed by atoms with Crippen molar-refractivity contribution >= 4 is 18.5 Å². The number of carbonyl (C=O) groups is 3. The number of nitrogens with zero attached hydrogens (tertiary/aromatic N) is 1. The van der Waals surface area contributed by atoms with Crippen LogP contribution in [0.4, 0.5) is 0 Å². The second-order valence-corrected chi connectivity index (χ2v) is 8.96. The lowest BCUT2D eigenvalue weighted by Crippen LogP contribution is -2.34. The van der Waals surface area contributed by atoms with Crippen LogP contribution in [-0.2, 0) is 14.4 Å². The van der Waals surface area contributed by atoms with E-state index in [1.54, 1.807) is 0 Å². The van der Waals surface area contributed by atoms with Crippen molar-refractivity contribution < 1.29 is 14.4 Å². The molecule has 1 amide bonds. The smallest absolute Gasteiger partial charge is 0.225 e. The molecule has 5 nitrogen and oxygen atoms in total. The zero-order valence-corrected chi connectivity index (χ0v) is 18.8. The van der Waals surface area contributed by atoms with Crippen molar-refractivity contribution in [2.24, 2.45) is 5.41 Å². The maximum atomic E-state index is 12.0. The predicted octanol–water partition coefficient (Wildman–Crippen LogP) is 4.67. The van der Waals surface area contributed by atoms with Gasteiger partial charge in [-0.1, -0.05) is 45.4 Å². The summed E-state index contributed by atoms with van der Waals surface area (Å²) in [4.78, 5) is 35.3. The summed E-state index contributed by atoms with van der Waals surface area (Å²) in [6.45, 7) is 6.14. The Kier molecular flexibility index (Phi) is 14.7. The van der Waals surface area contributed by atoms with Crippen molar-refractivity contribution in [3.8, 4) is 0 Å². The van der Waals surface area contributed by atoms with E-state index in [0.717, 1.165) is 83.7 Å². The van der Waals surface area contributed by atoms with Crippen LogP contribution >= 0.6 is 0 Å². The molecule has 29 heavy (non-hydrogen) atoms. The molecule has 0 spiro atoms. The van der Waals surface area contributed by atoms with Gasteiger partial charge >= 0.3 is 0 Å². The van der Waals surface area contributed by atoms with E-state index in [2.05, 4.69) is 17.1 Å². The van der Waals surface area contributed by atoms with E-state index in [1.807, 2.05) is 0 Å². The molecule has 0 unspecified atom stereocenters. The van der Waals surface area contributed by atoms with Crippen LogP contribution in [0.25, 0.3) is 0 Å². The van der Waals surface area contributed by atoms with E-state index in [9.17, 15) is 14.4 Å². The minimum absolute atomic E-state index is 0.0760. The van der Waals surface area contributed by atoms with Crippen LogP contribution in [0.15, 0.2) is 0 Å². The highest BCUT2D eigenvalue weighted by molar-refractivity contribution is 5.84. The predicted molar refractivity (Wildman–Crippen MR) is 119 cm³/mol. The molecule has 1 fully saturated rings. The molecule has 0 aromatic heterocycles. The molecule has 1 aliphatic rings. The highest BCUT2D eigenvalue weighted by Gasteiger charge is 2.44. The summed E-state index contributed by atoms with van der Waals surface area (Å²) in [6, 6.07) is 0. The number of aldehydes is 2. The summed E-state index contributed by atoms with van der Waals surface area (Å²) in [5, 5.41) is 3.11. The number of hydrogen-bond acceptors (Lipinski definition) is 4. The minimum Gasteiger partial charge on any atom is -0.356 e. The Morgan fingerprint density at radius 2 is 1.21 bits per heavy atom. The first-order chi connectivity index (χ1) is 14.1. The lowest BCUT2D eigenvalue weighted by Gasteiger charge is -2.22. The highest BCUT2D eigenvalue weighted by atomic mass is 16.2. The largest absolute Gasteiger partial charge is 0.356 e. The molecule has 1 aliphatic carbocycles. The molecule has 0 aromatic rings. The Bertz CT molecular complexity index is 427. The van der Waals surface area contributed by atoms with Gasteiger partial charge in [0.05, 0.1) is 0 Å². The van der Waals surface area contributed by atoms with E-state index in [4.69, 9.17) is 0 Å². The molecule has 0 aliphatic heterocycles. The molecule has 1 saturated carbocycles. The molecule has 0 bridgehead atoms. The zero-order valence-electron chi connectivity index (χ0n) is 18.8. The Balaban J connectivity index is 2.15. The first-order valence-corrected chi connectivity index (χ1v) is 12.0. The quantitative estimate of drug-likeness (QED) is 0.221. The van der Waals surface area contributed by atoms with Crippen LogP contribution in [0.5, 0.6) is 0 Å². The van der Waals surface area contributed by atoms with Crippen LogP contribution < -0.4 is 5.32 Å². The number of nitrogens with one attached hydrogen (secondary N) is 1. The lowest BCUT2D eigenvalue weighted by molar-refractivity contribution is -0.125.